The molecule has 0 bridgehead atoms. The molecular formula is C17H21N7. The highest BCUT2D eigenvalue weighted by Gasteiger charge is 2.22. The normalized spacial score (nSPS) is 15.9. The highest BCUT2D eigenvalue weighted by atomic mass is 15.6. The van der Waals surface area contributed by atoms with Gasteiger partial charge in [0.25, 0.3) is 0 Å². The van der Waals surface area contributed by atoms with Crippen molar-refractivity contribution in [2.75, 3.05) is 29.6 Å². The van der Waals surface area contributed by atoms with E-state index in [1.165, 1.54) is 5.56 Å². The molecule has 124 valence electrons. The topological polar surface area (TPSA) is 98.9 Å². The van der Waals surface area contributed by atoms with E-state index in [0.29, 0.717) is 22.9 Å². The van der Waals surface area contributed by atoms with Crippen LogP contribution in [0.2, 0.25) is 0 Å². The van der Waals surface area contributed by atoms with Gasteiger partial charge in [0.1, 0.15) is 6.33 Å². The third kappa shape index (κ3) is 2.73. The average Bonchev–Trinajstić information content (AvgIpc) is 3.01. The van der Waals surface area contributed by atoms with Gasteiger partial charge in [-0.1, -0.05) is 30.3 Å². The van der Waals surface area contributed by atoms with Gasteiger partial charge >= 0.3 is 0 Å². The zero-order valence-corrected chi connectivity index (χ0v) is 13.5. The van der Waals surface area contributed by atoms with Crippen molar-refractivity contribution in [1.82, 2.24) is 19.6 Å². The van der Waals surface area contributed by atoms with Crippen LogP contribution in [-0.2, 0) is 6.42 Å². The Labute approximate surface area is 140 Å². The molecule has 0 amide bonds. The summed E-state index contributed by atoms with van der Waals surface area (Å²) in [5.41, 5.74) is 14.3. The van der Waals surface area contributed by atoms with Crippen molar-refractivity contribution >= 4 is 22.9 Å². The Kier molecular flexibility index (Phi) is 3.68. The SMILES string of the molecule is Nc1nc(N)c2ncn(N3CCC(Cc4ccccc4)CC3)c2n1. The van der Waals surface area contributed by atoms with E-state index in [1.807, 2.05) is 4.68 Å². The molecular weight excluding hydrogens is 302 g/mol. The van der Waals surface area contributed by atoms with Crippen molar-refractivity contribution in [2.45, 2.75) is 19.3 Å². The summed E-state index contributed by atoms with van der Waals surface area (Å²) < 4.78 is 1.96. The first-order valence-corrected chi connectivity index (χ1v) is 8.26. The molecule has 1 aliphatic rings. The first-order chi connectivity index (χ1) is 11.7. The molecule has 0 radical (unpaired) electrons. The molecule has 7 nitrogen and oxygen atoms in total. The third-order valence-electron chi connectivity index (χ3n) is 4.69. The van der Waals surface area contributed by atoms with Crippen molar-refractivity contribution in [3.63, 3.8) is 0 Å². The number of nitrogen functional groups attached to an aromatic ring is 2. The smallest absolute Gasteiger partial charge is 0.224 e. The number of rotatable bonds is 3. The number of benzene rings is 1. The van der Waals surface area contributed by atoms with Crippen LogP contribution in [0.15, 0.2) is 36.7 Å². The number of hydrogen-bond donors (Lipinski definition) is 2. The van der Waals surface area contributed by atoms with Gasteiger partial charge in [-0.3, -0.25) is 0 Å². The van der Waals surface area contributed by atoms with Crippen LogP contribution in [0, 0.1) is 5.92 Å². The molecule has 0 unspecified atom stereocenters. The Morgan fingerprint density at radius 1 is 1.04 bits per heavy atom. The van der Waals surface area contributed by atoms with Gasteiger partial charge in [-0.05, 0) is 30.7 Å². The second-order valence-electron chi connectivity index (χ2n) is 6.32. The first-order valence-electron chi connectivity index (χ1n) is 8.26. The minimum atomic E-state index is 0.181. The summed E-state index contributed by atoms with van der Waals surface area (Å²) >= 11 is 0. The van der Waals surface area contributed by atoms with Crippen molar-refractivity contribution in [1.29, 1.82) is 0 Å². The average molecular weight is 323 g/mol. The number of piperidine rings is 1. The second kappa shape index (κ2) is 5.99. The van der Waals surface area contributed by atoms with Crippen molar-refractivity contribution in [2.24, 2.45) is 5.92 Å². The van der Waals surface area contributed by atoms with Gasteiger partial charge in [0, 0.05) is 13.1 Å². The zero-order valence-electron chi connectivity index (χ0n) is 13.5. The van der Waals surface area contributed by atoms with Crippen LogP contribution in [0.25, 0.3) is 11.2 Å². The number of hydrogen-bond acceptors (Lipinski definition) is 6. The fraction of sp³-hybridized carbons (Fsp3) is 0.353. The highest BCUT2D eigenvalue weighted by molar-refractivity contribution is 5.82. The fourth-order valence-corrected chi connectivity index (χ4v) is 3.42. The molecule has 3 heterocycles. The minimum absolute atomic E-state index is 0.181. The lowest BCUT2D eigenvalue weighted by Gasteiger charge is -2.34. The Morgan fingerprint density at radius 3 is 2.54 bits per heavy atom. The maximum atomic E-state index is 5.88. The Balaban J connectivity index is 1.48. The molecule has 1 aliphatic heterocycles. The maximum absolute atomic E-state index is 5.88. The van der Waals surface area contributed by atoms with E-state index in [0.717, 1.165) is 32.4 Å². The molecule has 24 heavy (non-hydrogen) atoms. The van der Waals surface area contributed by atoms with E-state index < -0.39 is 0 Å². The number of aromatic nitrogens is 4. The van der Waals surface area contributed by atoms with E-state index in [-0.39, 0.29) is 5.95 Å². The number of nitrogens with zero attached hydrogens (tertiary/aromatic N) is 5. The van der Waals surface area contributed by atoms with Crippen LogP contribution in [0.5, 0.6) is 0 Å². The van der Waals surface area contributed by atoms with Gasteiger partial charge in [0.05, 0.1) is 0 Å². The molecule has 1 fully saturated rings. The summed E-state index contributed by atoms with van der Waals surface area (Å²) in [6.45, 7) is 1.93. The van der Waals surface area contributed by atoms with Gasteiger partial charge in [0.15, 0.2) is 17.0 Å². The van der Waals surface area contributed by atoms with Crippen LogP contribution in [0.3, 0.4) is 0 Å². The summed E-state index contributed by atoms with van der Waals surface area (Å²) in [4.78, 5) is 12.6. The monoisotopic (exact) mass is 323 g/mol. The number of anilines is 2. The predicted octanol–water partition coefficient (Wildman–Crippen LogP) is 1.58. The van der Waals surface area contributed by atoms with Gasteiger partial charge in [-0.2, -0.15) is 9.97 Å². The van der Waals surface area contributed by atoms with Crippen molar-refractivity contribution in [3.05, 3.63) is 42.2 Å². The largest absolute Gasteiger partial charge is 0.382 e. The molecule has 4 rings (SSSR count). The molecule has 7 heteroatoms. The molecule has 0 saturated carbocycles. The number of fused-ring (bicyclic) bond motifs is 1. The Morgan fingerprint density at radius 2 is 1.79 bits per heavy atom. The predicted molar refractivity (Wildman–Crippen MR) is 95.0 cm³/mol. The molecule has 1 aromatic carbocycles. The zero-order chi connectivity index (χ0) is 16.5. The molecule has 1 saturated heterocycles. The highest BCUT2D eigenvalue weighted by Crippen LogP contribution is 2.23. The van der Waals surface area contributed by atoms with Crippen molar-refractivity contribution in [3.8, 4) is 0 Å². The van der Waals surface area contributed by atoms with E-state index >= 15 is 0 Å². The van der Waals surface area contributed by atoms with Gasteiger partial charge in [-0.15, -0.1) is 0 Å². The van der Waals surface area contributed by atoms with Crippen LogP contribution in [0.4, 0.5) is 11.8 Å². The Bertz CT molecular complexity index is 835. The molecule has 4 N–H and O–H groups in total. The molecule has 0 spiro atoms. The molecule has 0 atom stereocenters. The quantitative estimate of drug-likeness (QED) is 0.759. The second-order valence-corrected chi connectivity index (χ2v) is 6.32. The summed E-state index contributed by atoms with van der Waals surface area (Å²) in [5.74, 6) is 1.22. The van der Waals surface area contributed by atoms with Gasteiger partial charge in [-0.25, -0.2) is 9.66 Å². The lowest BCUT2D eigenvalue weighted by Crippen LogP contribution is -2.41. The molecule has 0 aliphatic carbocycles. The van der Waals surface area contributed by atoms with Crippen LogP contribution in [0.1, 0.15) is 18.4 Å². The lowest BCUT2D eigenvalue weighted by molar-refractivity contribution is 0.364. The lowest BCUT2D eigenvalue weighted by atomic mass is 9.91. The van der Waals surface area contributed by atoms with E-state index in [9.17, 15) is 0 Å². The summed E-state index contributed by atoms with van der Waals surface area (Å²) in [6.07, 6.45) is 5.18. The third-order valence-corrected chi connectivity index (χ3v) is 4.69. The number of nitrogens with two attached hydrogens (primary N) is 2. The molecule has 3 aromatic rings. The minimum Gasteiger partial charge on any atom is -0.382 e. The number of imidazole rings is 1. The van der Waals surface area contributed by atoms with Crippen molar-refractivity contribution < 1.29 is 0 Å². The van der Waals surface area contributed by atoms with Crippen LogP contribution < -0.4 is 16.5 Å². The van der Waals surface area contributed by atoms with Gasteiger partial charge < -0.3 is 16.5 Å². The van der Waals surface area contributed by atoms with Gasteiger partial charge in [0.2, 0.25) is 5.95 Å². The summed E-state index contributed by atoms with van der Waals surface area (Å²) in [6, 6.07) is 10.7. The van der Waals surface area contributed by atoms with Crippen LogP contribution >= 0.6 is 0 Å². The molecule has 2 aromatic heterocycles. The van der Waals surface area contributed by atoms with E-state index in [4.69, 9.17) is 11.5 Å². The van der Waals surface area contributed by atoms with E-state index in [2.05, 4.69) is 50.3 Å². The first kappa shape index (κ1) is 14.7. The van der Waals surface area contributed by atoms with E-state index in [1.54, 1.807) is 6.33 Å². The van der Waals surface area contributed by atoms with Crippen LogP contribution in [-0.4, -0.2) is 32.7 Å². The fourth-order valence-electron chi connectivity index (χ4n) is 3.42. The maximum Gasteiger partial charge on any atom is 0.224 e. The standard InChI is InChI=1S/C17H21N7/c18-15-14-16(22-17(19)21-15)24(11-20-14)23-8-6-13(7-9-23)10-12-4-2-1-3-5-12/h1-5,11,13H,6-10H2,(H4,18,19,21,22). The summed E-state index contributed by atoms with van der Waals surface area (Å²) in [5, 5.41) is 2.25. The Hall–Kier alpha value is -2.83. The summed E-state index contributed by atoms with van der Waals surface area (Å²) in [7, 11) is 0.